The molecule has 1 amide bonds. The fourth-order valence-electron chi connectivity index (χ4n) is 2.83. The van der Waals surface area contributed by atoms with Gasteiger partial charge in [0.15, 0.2) is 0 Å². The van der Waals surface area contributed by atoms with Gasteiger partial charge in [-0.3, -0.25) is 4.79 Å². The Hall–Kier alpha value is -2.28. The molecule has 0 spiro atoms. The first-order valence-electron chi connectivity index (χ1n) is 8.26. The van der Waals surface area contributed by atoms with Crippen LogP contribution in [0.15, 0.2) is 31.0 Å². The van der Waals surface area contributed by atoms with Gasteiger partial charge >= 0.3 is 0 Å². The van der Waals surface area contributed by atoms with E-state index >= 15 is 0 Å². The first-order valence-corrected chi connectivity index (χ1v) is 8.26. The van der Waals surface area contributed by atoms with Crippen LogP contribution in [-0.4, -0.2) is 50.1 Å². The largest absolute Gasteiger partial charge is 0.381 e. The zero-order chi connectivity index (χ0) is 16.9. The van der Waals surface area contributed by atoms with E-state index in [0.717, 1.165) is 18.8 Å². The van der Waals surface area contributed by atoms with Gasteiger partial charge in [0.2, 0.25) is 5.82 Å². The molecule has 1 aliphatic rings. The van der Waals surface area contributed by atoms with Gasteiger partial charge < -0.3 is 14.2 Å². The van der Waals surface area contributed by atoms with Crippen molar-refractivity contribution in [1.82, 2.24) is 24.4 Å². The lowest BCUT2D eigenvalue weighted by Gasteiger charge is -2.23. The molecule has 128 valence electrons. The SMILES string of the molecule is CC(C)COC[C@@H]1CN(C(=O)c2ncccn2)Cc2cncn2C1. The zero-order valence-corrected chi connectivity index (χ0v) is 14.1. The molecule has 1 atom stereocenters. The first kappa shape index (κ1) is 16.6. The van der Waals surface area contributed by atoms with E-state index in [1.54, 1.807) is 23.4 Å². The Morgan fingerprint density at radius 3 is 2.88 bits per heavy atom. The maximum atomic E-state index is 12.7. The average Bonchev–Trinajstić information content (AvgIpc) is 2.93. The number of nitrogens with zero attached hydrogens (tertiary/aromatic N) is 5. The number of hydrogen-bond donors (Lipinski definition) is 0. The van der Waals surface area contributed by atoms with E-state index < -0.39 is 0 Å². The molecule has 0 bridgehead atoms. The second-order valence-corrected chi connectivity index (χ2v) is 6.59. The third kappa shape index (κ3) is 3.97. The molecule has 0 fully saturated rings. The third-order valence-corrected chi connectivity index (χ3v) is 3.93. The Bertz CT molecular complexity index is 671. The number of rotatable bonds is 5. The summed E-state index contributed by atoms with van der Waals surface area (Å²) in [5.41, 5.74) is 1.02. The summed E-state index contributed by atoms with van der Waals surface area (Å²) in [5.74, 6) is 0.785. The van der Waals surface area contributed by atoms with Gasteiger partial charge in [0.05, 0.1) is 25.2 Å². The monoisotopic (exact) mass is 329 g/mol. The molecule has 0 saturated heterocycles. The molecule has 2 aromatic heterocycles. The van der Waals surface area contributed by atoms with E-state index in [4.69, 9.17) is 4.74 Å². The molecule has 3 heterocycles. The number of amides is 1. The minimum absolute atomic E-state index is 0.154. The number of fused-ring (bicyclic) bond motifs is 1. The first-order chi connectivity index (χ1) is 11.6. The molecular formula is C17H23N5O2. The van der Waals surface area contributed by atoms with E-state index in [1.165, 1.54) is 0 Å². The van der Waals surface area contributed by atoms with Crippen LogP contribution >= 0.6 is 0 Å². The highest BCUT2D eigenvalue weighted by molar-refractivity contribution is 5.90. The van der Waals surface area contributed by atoms with Gasteiger partial charge in [0.25, 0.3) is 5.91 Å². The van der Waals surface area contributed by atoms with Crippen LogP contribution in [0.4, 0.5) is 0 Å². The predicted molar refractivity (Wildman–Crippen MR) is 88.1 cm³/mol. The van der Waals surface area contributed by atoms with Crippen molar-refractivity contribution in [1.29, 1.82) is 0 Å². The number of carbonyl (C=O) groups excluding carboxylic acids is 1. The van der Waals surface area contributed by atoms with E-state index in [2.05, 4.69) is 33.4 Å². The summed E-state index contributed by atoms with van der Waals surface area (Å²) < 4.78 is 7.91. The van der Waals surface area contributed by atoms with Gasteiger partial charge in [-0.1, -0.05) is 13.8 Å². The Kier molecular flexibility index (Phi) is 5.20. The van der Waals surface area contributed by atoms with Crippen molar-refractivity contribution in [2.75, 3.05) is 19.8 Å². The van der Waals surface area contributed by atoms with Crippen molar-refractivity contribution in [3.8, 4) is 0 Å². The molecule has 0 unspecified atom stereocenters. The highest BCUT2D eigenvalue weighted by Gasteiger charge is 2.27. The lowest BCUT2D eigenvalue weighted by atomic mass is 10.1. The normalized spacial score (nSPS) is 17.6. The molecule has 7 nitrogen and oxygen atoms in total. The van der Waals surface area contributed by atoms with Gasteiger partial charge in [-0.05, 0) is 12.0 Å². The number of aromatic nitrogens is 4. The summed E-state index contributed by atoms with van der Waals surface area (Å²) in [6.07, 6.45) is 6.80. The summed E-state index contributed by atoms with van der Waals surface area (Å²) in [5, 5.41) is 0. The van der Waals surface area contributed by atoms with E-state index in [-0.39, 0.29) is 17.6 Å². The predicted octanol–water partition coefficient (Wildman–Crippen LogP) is 1.62. The van der Waals surface area contributed by atoms with Crippen molar-refractivity contribution in [2.24, 2.45) is 11.8 Å². The van der Waals surface area contributed by atoms with Crippen LogP contribution in [0.25, 0.3) is 0 Å². The second-order valence-electron chi connectivity index (χ2n) is 6.59. The Morgan fingerprint density at radius 2 is 2.12 bits per heavy atom. The van der Waals surface area contributed by atoms with Crippen molar-refractivity contribution >= 4 is 5.91 Å². The Balaban J connectivity index is 1.75. The smallest absolute Gasteiger partial charge is 0.292 e. The summed E-state index contributed by atoms with van der Waals surface area (Å²) >= 11 is 0. The molecule has 0 aliphatic carbocycles. The standard InChI is InChI=1S/C17H23N5O2/c1-13(2)10-24-11-14-7-21(9-15-6-18-12-22(15)8-14)17(23)16-19-4-3-5-20-16/h3-6,12-14H,7-11H2,1-2H3/t14-/m1/s1. The molecule has 24 heavy (non-hydrogen) atoms. The summed E-state index contributed by atoms with van der Waals surface area (Å²) in [6.45, 7) is 7.53. The fourth-order valence-corrected chi connectivity index (χ4v) is 2.83. The molecule has 1 aliphatic heterocycles. The molecule has 0 radical (unpaired) electrons. The van der Waals surface area contributed by atoms with Crippen LogP contribution in [0, 0.1) is 11.8 Å². The number of imidazole rings is 1. The van der Waals surface area contributed by atoms with Crippen molar-refractivity contribution in [3.63, 3.8) is 0 Å². The summed E-state index contributed by atoms with van der Waals surface area (Å²) in [4.78, 5) is 26.9. The lowest BCUT2D eigenvalue weighted by Crippen LogP contribution is -2.36. The minimum atomic E-state index is -0.154. The van der Waals surface area contributed by atoms with E-state index in [1.807, 2.05) is 12.5 Å². The number of ether oxygens (including phenoxy) is 1. The molecule has 0 saturated carbocycles. The van der Waals surface area contributed by atoms with Crippen molar-refractivity contribution < 1.29 is 9.53 Å². The van der Waals surface area contributed by atoms with Gasteiger partial charge in [0.1, 0.15) is 0 Å². The van der Waals surface area contributed by atoms with Crippen molar-refractivity contribution in [3.05, 3.63) is 42.5 Å². The van der Waals surface area contributed by atoms with Crippen LogP contribution < -0.4 is 0 Å². The molecular weight excluding hydrogens is 306 g/mol. The number of carbonyl (C=O) groups is 1. The maximum Gasteiger partial charge on any atom is 0.292 e. The highest BCUT2D eigenvalue weighted by Crippen LogP contribution is 2.18. The molecule has 2 aromatic rings. The summed E-state index contributed by atoms with van der Waals surface area (Å²) in [7, 11) is 0. The Morgan fingerprint density at radius 1 is 1.33 bits per heavy atom. The van der Waals surface area contributed by atoms with Crippen LogP contribution in [0.2, 0.25) is 0 Å². The van der Waals surface area contributed by atoms with E-state index in [9.17, 15) is 4.79 Å². The van der Waals surface area contributed by atoms with Gasteiger partial charge in [-0.2, -0.15) is 0 Å². The second kappa shape index (κ2) is 7.53. The third-order valence-electron chi connectivity index (χ3n) is 3.93. The van der Waals surface area contributed by atoms with E-state index in [0.29, 0.717) is 25.6 Å². The van der Waals surface area contributed by atoms with Crippen LogP contribution in [0.1, 0.15) is 30.2 Å². The fraction of sp³-hybridized carbons (Fsp3) is 0.529. The quantitative estimate of drug-likeness (QED) is 0.833. The topological polar surface area (TPSA) is 73.1 Å². The maximum absolute atomic E-state index is 12.7. The average molecular weight is 329 g/mol. The van der Waals surface area contributed by atoms with Crippen LogP contribution in [-0.2, 0) is 17.8 Å². The minimum Gasteiger partial charge on any atom is -0.381 e. The zero-order valence-electron chi connectivity index (χ0n) is 14.1. The number of hydrogen-bond acceptors (Lipinski definition) is 5. The molecule has 7 heteroatoms. The molecule has 0 N–H and O–H groups in total. The highest BCUT2D eigenvalue weighted by atomic mass is 16.5. The summed E-state index contributed by atoms with van der Waals surface area (Å²) in [6, 6.07) is 1.71. The molecule has 0 aromatic carbocycles. The molecule has 3 rings (SSSR count). The van der Waals surface area contributed by atoms with Crippen molar-refractivity contribution in [2.45, 2.75) is 26.9 Å². The van der Waals surface area contributed by atoms with Crippen LogP contribution in [0.3, 0.4) is 0 Å². The Labute approximate surface area is 141 Å². The van der Waals surface area contributed by atoms with Gasteiger partial charge in [-0.25, -0.2) is 15.0 Å². The van der Waals surface area contributed by atoms with Gasteiger partial charge in [0, 0.05) is 44.2 Å². The lowest BCUT2D eigenvalue weighted by molar-refractivity contribution is 0.0521. The van der Waals surface area contributed by atoms with Crippen LogP contribution in [0.5, 0.6) is 0 Å². The van der Waals surface area contributed by atoms with Gasteiger partial charge in [-0.15, -0.1) is 0 Å².